The van der Waals surface area contributed by atoms with Gasteiger partial charge in [0.05, 0.1) is 0 Å². The number of unbranched alkanes of at least 4 members (excludes halogenated alkanes) is 9. The molecule has 0 amide bonds. The molecule has 0 radical (unpaired) electrons. The molecule has 0 spiro atoms. The summed E-state index contributed by atoms with van der Waals surface area (Å²) in [5.41, 5.74) is 14.8. The predicted octanol–water partition coefficient (Wildman–Crippen LogP) is 17.1. The van der Waals surface area contributed by atoms with E-state index in [0.717, 1.165) is 38.1 Å². The largest absolute Gasteiger partial charge is 0.255 e. The SMILES string of the molecule is CCCCCCCCC1=C(C(C2=C(CC3CCCCC3)C=CC2)(C(CC(C)C)N(NCCC)C(C)C)C(C)(CCCCCC)CC2=C(CCCC)C=CC2)CC=C1. The molecule has 324 valence electrons. The lowest BCUT2D eigenvalue weighted by Crippen LogP contribution is -2.63. The monoisotopic (exact) mass is 783 g/mol. The van der Waals surface area contributed by atoms with E-state index in [1.54, 1.807) is 22.3 Å². The molecular formula is C55H94N2. The van der Waals surface area contributed by atoms with Crippen LogP contribution in [0.1, 0.15) is 236 Å². The Kier molecular flexibility index (Phi) is 21.2. The number of allylic oxidation sites excluding steroid dienone is 10. The summed E-state index contributed by atoms with van der Waals surface area (Å²) in [6.45, 7) is 23.4. The molecule has 57 heavy (non-hydrogen) atoms. The zero-order valence-corrected chi connectivity index (χ0v) is 39.5. The zero-order chi connectivity index (χ0) is 41.1. The molecule has 1 N–H and O–H groups in total. The maximum absolute atomic E-state index is 4.21. The lowest BCUT2D eigenvalue weighted by Gasteiger charge is -2.60. The first kappa shape index (κ1) is 48.0. The normalized spacial score (nSPS) is 20.4. The average Bonchev–Trinajstić information content (AvgIpc) is 3.97. The van der Waals surface area contributed by atoms with Crippen molar-refractivity contribution in [1.82, 2.24) is 10.4 Å². The standard InChI is InChI=1S/C55H94N2/c1-10-14-17-19-20-24-32-48-34-27-37-51(48)55(53(41-44(5)6)57(45(7)8)56-40-13-4,52-38-28-35-49(52)42-46-29-22-21-23-30-46)54(9,39-25-18-15-11-2)43-50-36-26-33-47(50)31-16-12-3/h26-28,33-35,44-46,53,56H,10-25,29-32,36-43H2,1-9H3. The van der Waals surface area contributed by atoms with Gasteiger partial charge in [-0.25, -0.2) is 5.01 Å². The van der Waals surface area contributed by atoms with Crippen LogP contribution in [0.25, 0.3) is 0 Å². The second-order valence-electron chi connectivity index (χ2n) is 20.2. The van der Waals surface area contributed by atoms with Crippen molar-refractivity contribution >= 4 is 0 Å². The average molecular weight is 783 g/mol. The van der Waals surface area contributed by atoms with Gasteiger partial charge in [-0.2, -0.15) is 0 Å². The lowest BCUT2D eigenvalue weighted by molar-refractivity contribution is -0.0474. The Bertz CT molecular complexity index is 1360. The summed E-state index contributed by atoms with van der Waals surface area (Å²) in [6.07, 6.45) is 51.0. The molecule has 3 atom stereocenters. The van der Waals surface area contributed by atoms with Gasteiger partial charge >= 0.3 is 0 Å². The van der Waals surface area contributed by atoms with Gasteiger partial charge in [-0.15, -0.1) is 0 Å². The summed E-state index contributed by atoms with van der Waals surface area (Å²) in [4.78, 5) is 0. The van der Waals surface area contributed by atoms with Crippen molar-refractivity contribution < 1.29 is 0 Å². The Balaban J connectivity index is 2.09. The van der Waals surface area contributed by atoms with E-state index < -0.39 is 0 Å². The number of hydrazine groups is 1. The number of rotatable bonds is 30. The van der Waals surface area contributed by atoms with Crippen molar-refractivity contribution in [1.29, 1.82) is 0 Å². The number of nitrogens with zero attached hydrogens (tertiary/aromatic N) is 1. The van der Waals surface area contributed by atoms with E-state index in [1.165, 1.54) is 148 Å². The smallest absolute Gasteiger partial charge is 0.0385 e. The molecule has 2 nitrogen and oxygen atoms in total. The minimum atomic E-state index is -0.0749. The summed E-state index contributed by atoms with van der Waals surface area (Å²) in [6, 6.07) is 0.783. The summed E-state index contributed by atoms with van der Waals surface area (Å²) in [7, 11) is 0. The third-order valence-electron chi connectivity index (χ3n) is 14.7. The second kappa shape index (κ2) is 25.2. The molecule has 0 bridgehead atoms. The van der Waals surface area contributed by atoms with Gasteiger partial charge in [-0.05, 0) is 125 Å². The first-order valence-electron chi connectivity index (χ1n) is 25.3. The van der Waals surface area contributed by atoms with E-state index in [0.29, 0.717) is 18.0 Å². The maximum atomic E-state index is 4.21. The highest BCUT2D eigenvalue weighted by molar-refractivity contribution is 5.53. The third-order valence-corrected chi connectivity index (χ3v) is 14.7. The molecule has 4 aliphatic carbocycles. The lowest BCUT2D eigenvalue weighted by atomic mass is 9.47. The Morgan fingerprint density at radius 2 is 1.23 bits per heavy atom. The van der Waals surface area contributed by atoms with E-state index in [-0.39, 0.29) is 10.8 Å². The fourth-order valence-corrected chi connectivity index (χ4v) is 12.0. The zero-order valence-electron chi connectivity index (χ0n) is 39.5. The highest BCUT2D eigenvalue weighted by Crippen LogP contribution is 2.65. The van der Waals surface area contributed by atoms with Crippen molar-refractivity contribution in [2.24, 2.45) is 22.7 Å². The summed E-state index contributed by atoms with van der Waals surface area (Å²) in [5, 5.41) is 2.87. The molecule has 0 heterocycles. The van der Waals surface area contributed by atoms with Crippen molar-refractivity contribution in [3.8, 4) is 0 Å². The fourth-order valence-electron chi connectivity index (χ4n) is 12.0. The van der Waals surface area contributed by atoms with E-state index in [9.17, 15) is 0 Å². The quantitative estimate of drug-likeness (QED) is 0.0577. The molecule has 0 aromatic heterocycles. The van der Waals surface area contributed by atoms with Gasteiger partial charge < -0.3 is 0 Å². The Morgan fingerprint density at radius 1 is 0.649 bits per heavy atom. The van der Waals surface area contributed by atoms with Gasteiger partial charge in [0.25, 0.3) is 0 Å². The highest BCUT2D eigenvalue weighted by Gasteiger charge is 2.60. The van der Waals surface area contributed by atoms with Crippen LogP contribution in [0.5, 0.6) is 0 Å². The summed E-state index contributed by atoms with van der Waals surface area (Å²) >= 11 is 0. The second-order valence-corrected chi connectivity index (χ2v) is 20.2. The summed E-state index contributed by atoms with van der Waals surface area (Å²) < 4.78 is 0. The Hall–Kier alpha value is -1.64. The van der Waals surface area contributed by atoms with Crippen molar-refractivity contribution in [3.63, 3.8) is 0 Å². The van der Waals surface area contributed by atoms with Crippen LogP contribution >= 0.6 is 0 Å². The molecule has 0 aliphatic heterocycles. The van der Waals surface area contributed by atoms with E-state index in [4.69, 9.17) is 0 Å². The fraction of sp³-hybridized carbons (Fsp3) is 0.782. The molecule has 2 heteroatoms. The van der Waals surface area contributed by atoms with Crippen molar-refractivity contribution in [3.05, 3.63) is 69.9 Å². The van der Waals surface area contributed by atoms with Crippen LogP contribution in [0.2, 0.25) is 0 Å². The van der Waals surface area contributed by atoms with Gasteiger partial charge in [-0.3, -0.25) is 5.43 Å². The van der Waals surface area contributed by atoms with Crippen LogP contribution < -0.4 is 5.43 Å². The predicted molar refractivity (Wildman–Crippen MR) is 253 cm³/mol. The molecule has 4 aliphatic rings. The first-order chi connectivity index (χ1) is 27.7. The van der Waals surface area contributed by atoms with Crippen molar-refractivity contribution in [2.75, 3.05) is 6.54 Å². The minimum absolute atomic E-state index is 0.0749. The Labute approximate surface area is 356 Å². The first-order valence-corrected chi connectivity index (χ1v) is 25.3. The molecule has 3 unspecified atom stereocenters. The van der Waals surface area contributed by atoms with Crippen LogP contribution in [0.3, 0.4) is 0 Å². The van der Waals surface area contributed by atoms with Crippen molar-refractivity contribution in [2.45, 2.75) is 248 Å². The van der Waals surface area contributed by atoms with Gasteiger partial charge in [-0.1, -0.05) is 198 Å². The highest BCUT2D eigenvalue weighted by atomic mass is 15.5. The van der Waals surface area contributed by atoms with E-state index in [2.05, 4.69) is 109 Å². The Morgan fingerprint density at radius 3 is 1.88 bits per heavy atom. The molecule has 0 aromatic rings. The van der Waals surface area contributed by atoms with E-state index >= 15 is 0 Å². The van der Waals surface area contributed by atoms with Crippen LogP contribution in [0, 0.1) is 22.7 Å². The molecule has 4 rings (SSSR count). The molecule has 1 fully saturated rings. The maximum Gasteiger partial charge on any atom is 0.0385 e. The van der Waals surface area contributed by atoms with Gasteiger partial charge in [0.2, 0.25) is 0 Å². The van der Waals surface area contributed by atoms with Gasteiger partial charge in [0.15, 0.2) is 0 Å². The number of nitrogens with one attached hydrogen (secondary N) is 1. The van der Waals surface area contributed by atoms with Crippen LogP contribution in [0.4, 0.5) is 0 Å². The van der Waals surface area contributed by atoms with Crippen LogP contribution in [0.15, 0.2) is 69.9 Å². The number of hydrogen-bond acceptors (Lipinski definition) is 2. The molecule has 0 saturated heterocycles. The van der Waals surface area contributed by atoms with E-state index in [1.807, 2.05) is 11.1 Å². The number of hydrogen-bond donors (Lipinski definition) is 1. The molecule has 1 saturated carbocycles. The van der Waals surface area contributed by atoms with Crippen LogP contribution in [-0.4, -0.2) is 23.6 Å². The van der Waals surface area contributed by atoms with Gasteiger partial charge in [0.1, 0.15) is 0 Å². The molecule has 0 aromatic carbocycles. The molecular weight excluding hydrogens is 689 g/mol. The minimum Gasteiger partial charge on any atom is -0.255 e. The van der Waals surface area contributed by atoms with Crippen LogP contribution in [-0.2, 0) is 0 Å². The topological polar surface area (TPSA) is 15.3 Å². The summed E-state index contributed by atoms with van der Waals surface area (Å²) in [5.74, 6) is 1.44. The third kappa shape index (κ3) is 12.9. The van der Waals surface area contributed by atoms with Gasteiger partial charge in [0, 0.05) is 24.0 Å².